The van der Waals surface area contributed by atoms with Crippen LogP contribution in [0, 0.1) is 41.0 Å². The fraction of sp³-hybridized carbons (Fsp3) is 0.487. The van der Waals surface area contributed by atoms with Crippen LogP contribution in [0.4, 0.5) is 17.6 Å². The van der Waals surface area contributed by atoms with E-state index in [2.05, 4.69) is 6.92 Å². The summed E-state index contributed by atoms with van der Waals surface area (Å²) in [6.07, 6.45) is 18.5. The number of benzene rings is 3. The lowest BCUT2D eigenvalue weighted by Crippen LogP contribution is -2.25. The maximum absolute atomic E-state index is 15.5. The van der Waals surface area contributed by atoms with Gasteiger partial charge in [-0.3, -0.25) is 0 Å². The minimum Gasteiger partial charge on any atom is -0.462 e. The van der Waals surface area contributed by atoms with Crippen molar-refractivity contribution in [1.29, 1.82) is 0 Å². The van der Waals surface area contributed by atoms with E-state index < -0.39 is 23.3 Å². The molecule has 5 rings (SSSR count). The first-order valence-electron chi connectivity index (χ1n) is 16.8. The molecular formula is C39H46F4O. The van der Waals surface area contributed by atoms with Crippen LogP contribution in [-0.4, -0.2) is 0 Å². The Morgan fingerprint density at radius 3 is 1.80 bits per heavy atom. The number of ether oxygens (including phenoxy) is 1. The third kappa shape index (κ3) is 7.41. The first-order valence-corrected chi connectivity index (χ1v) is 16.8. The Morgan fingerprint density at radius 2 is 1.20 bits per heavy atom. The van der Waals surface area contributed by atoms with Crippen LogP contribution >= 0.6 is 0 Å². The third-order valence-corrected chi connectivity index (χ3v) is 10.2. The van der Waals surface area contributed by atoms with E-state index in [4.69, 9.17) is 4.74 Å². The molecule has 0 saturated heterocycles. The van der Waals surface area contributed by atoms with E-state index in [9.17, 15) is 8.78 Å². The van der Waals surface area contributed by atoms with Gasteiger partial charge in [0.15, 0.2) is 23.2 Å². The number of allylic oxidation sites excluding steroid dienone is 1. The van der Waals surface area contributed by atoms with Crippen molar-refractivity contribution in [3.63, 3.8) is 0 Å². The van der Waals surface area contributed by atoms with Crippen molar-refractivity contribution in [1.82, 2.24) is 0 Å². The summed E-state index contributed by atoms with van der Waals surface area (Å²) in [6.45, 7) is 4.17. The van der Waals surface area contributed by atoms with Gasteiger partial charge in [-0.15, -0.1) is 0 Å². The van der Waals surface area contributed by atoms with Crippen LogP contribution < -0.4 is 4.74 Å². The lowest BCUT2D eigenvalue weighted by molar-refractivity contribution is 0.155. The van der Waals surface area contributed by atoms with Crippen LogP contribution in [0.5, 0.6) is 5.75 Å². The lowest BCUT2D eigenvalue weighted by Gasteiger charge is -2.38. The van der Waals surface area contributed by atoms with Gasteiger partial charge in [0, 0.05) is 11.1 Å². The molecule has 0 unspecified atom stereocenters. The SMILES string of the molecule is CCC=COc1ccc(-c2ccc(-c3ccc(C4CCC(C5CCC(CCCCC)CC5)CC4)c(F)c3F)cc2)c(F)c1F. The molecule has 1 nitrogen and oxygen atoms in total. The first-order chi connectivity index (χ1) is 21.4. The van der Waals surface area contributed by atoms with E-state index in [-0.39, 0.29) is 22.8 Å². The summed E-state index contributed by atoms with van der Waals surface area (Å²) in [4.78, 5) is 0. The second-order valence-corrected chi connectivity index (χ2v) is 12.9. The summed E-state index contributed by atoms with van der Waals surface area (Å²) in [5, 5.41) is 0. The average molecular weight is 607 g/mol. The number of unbranched alkanes of at least 4 members (excludes halogenated alkanes) is 2. The van der Waals surface area contributed by atoms with E-state index in [1.165, 1.54) is 69.8 Å². The van der Waals surface area contributed by atoms with Gasteiger partial charge in [-0.05, 0) is 104 Å². The Morgan fingerprint density at radius 1 is 0.636 bits per heavy atom. The Kier molecular flexibility index (Phi) is 11.2. The molecule has 0 bridgehead atoms. The second-order valence-electron chi connectivity index (χ2n) is 12.9. The molecule has 0 heterocycles. The summed E-state index contributed by atoms with van der Waals surface area (Å²) in [6, 6.07) is 12.6. The smallest absolute Gasteiger partial charge is 0.201 e. The summed E-state index contributed by atoms with van der Waals surface area (Å²) in [5.74, 6) is -1.44. The van der Waals surface area contributed by atoms with Crippen LogP contribution in [-0.2, 0) is 0 Å². The number of hydrogen-bond donors (Lipinski definition) is 0. The Labute approximate surface area is 260 Å². The van der Waals surface area contributed by atoms with Gasteiger partial charge >= 0.3 is 0 Å². The van der Waals surface area contributed by atoms with Crippen molar-refractivity contribution < 1.29 is 22.3 Å². The zero-order valence-electron chi connectivity index (χ0n) is 26.2. The average Bonchev–Trinajstić information content (AvgIpc) is 3.05. The first kappa shape index (κ1) is 32.3. The zero-order valence-corrected chi connectivity index (χ0v) is 26.2. The van der Waals surface area contributed by atoms with Gasteiger partial charge in [-0.2, -0.15) is 4.39 Å². The van der Waals surface area contributed by atoms with Gasteiger partial charge < -0.3 is 4.74 Å². The molecule has 0 spiro atoms. The highest BCUT2D eigenvalue weighted by molar-refractivity contribution is 5.72. The maximum Gasteiger partial charge on any atom is 0.201 e. The van der Waals surface area contributed by atoms with Gasteiger partial charge in [0.05, 0.1) is 6.26 Å². The van der Waals surface area contributed by atoms with Crippen molar-refractivity contribution in [3.05, 3.63) is 89.7 Å². The normalized spacial score (nSPS) is 22.4. The van der Waals surface area contributed by atoms with Crippen molar-refractivity contribution in [2.45, 2.75) is 103 Å². The van der Waals surface area contributed by atoms with E-state index in [1.807, 2.05) is 6.92 Å². The molecule has 3 aromatic carbocycles. The molecule has 0 aliphatic heterocycles. The van der Waals surface area contributed by atoms with Crippen LogP contribution in [0.25, 0.3) is 22.3 Å². The highest BCUT2D eigenvalue weighted by Gasteiger charge is 2.32. The van der Waals surface area contributed by atoms with Gasteiger partial charge in [0.2, 0.25) is 5.82 Å². The molecule has 5 heteroatoms. The van der Waals surface area contributed by atoms with Crippen LogP contribution in [0.1, 0.15) is 109 Å². The molecule has 0 N–H and O–H groups in total. The van der Waals surface area contributed by atoms with Crippen molar-refractivity contribution in [2.24, 2.45) is 17.8 Å². The molecule has 0 amide bonds. The monoisotopic (exact) mass is 606 g/mol. The fourth-order valence-electron chi connectivity index (χ4n) is 7.53. The molecule has 2 saturated carbocycles. The third-order valence-electron chi connectivity index (χ3n) is 10.2. The van der Waals surface area contributed by atoms with E-state index >= 15 is 8.78 Å². The molecule has 0 radical (unpaired) electrons. The van der Waals surface area contributed by atoms with E-state index in [0.717, 1.165) is 37.5 Å². The number of halogens is 4. The van der Waals surface area contributed by atoms with Crippen molar-refractivity contribution in [3.8, 4) is 28.0 Å². The highest BCUT2D eigenvalue weighted by Crippen LogP contribution is 2.45. The number of rotatable bonds is 11. The summed E-state index contributed by atoms with van der Waals surface area (Å²) in [5.41, 5.74) is 1.63. The predicted octanol–water partition coefficient (Wildman–Crippen LogP) is 12.5. The van der Waals surface area contributed by atoms with Crippen LogP contribution in [0.2, 0.25) is 0 Å². The van der Waals surface area contributed by atoms with Gasteiger partial charge in [-0.1, -0.05) is 88.8 Å². The highest BCUT2D eigenvalue weighted by atomic mass is 19.2. The quantitative estimate of drug-likeness (QED) is 0.120. The van der Waals surface area contributed by atoms with E-state index in [0.29, 0.717) is 29.0 Å². The largest absolute Gasteiger partial charge is 0.462 e. The van der Waals surface area contributed by atoms with Crippen molar-refractivity contribution >= 4 is 0 Å². The molecule has 3 aromatic rings. The minimum atomic E-state index is -1.07. The Hall–Kier alpha value is -3.08. The summed E-state index contributed by atoms with van der Waals surface area (Å²) >= 11 is 0. The molecule has 2 fully saturated rings. The Balaban J connectivity index is 1.21. The maximum atomic E-state index is 15.5. The molecular weight excluding hydrogens is 560 g/mol. The second kappa shape index (κ2) is 15.3. The molecule has 44 heavy (non-hydrogen) atoms. The number of hydrogen-bond acceptors (Lipinski definition) is 1. The minimum absolute atomic E-state index is 0.0462. The standard InChI is InChI=1S/C39H46F4O/c1-3-5-7-8-26-9-11-27(12-10-26)28-13-15-29(16-14-28)32-21-22-33(37(41)36(32)40)30-17-19-31(20-18-30)34-23-24-35(39(43)38(34)42)44-25-6-4-2/h6,17-29H,3-5,7-16H2,1-2H3. The summed E-state index contributed by atoms with van der Waals surface area (Å²) in [7, 11) is 0. The van der Waals surface area contributed by atoms with Crippen LogP contribution in [0.3, 0.4) is 0 Å². The molecule has 0 aromatic heterocycles. The van der Waals surface area contributed by atoms with Crippen molar-refractivity contribution in [2.75, 3.05) is 0 Å². The fourth-order valence-corrected chi connectivity index (χ4v) is 7.53. The van der Waals surface area contributed by atoms with Gasteiger partial charge in [0.25, 0.3) is 0 Å². The zero-order chi connectivity index (χ0) is 31.1. The topological polar surface area (TPSA) is 9.23 Å². The summed E-state index contributed by atoms with van der Waals surface area (Å²) < 4.78 is 65.5. The molecule has 236 valence electrons. The molecule has 2 aliphatic carbocycles. The molecule has 0 atom stereocenters. The van der Waals surface area contributed by atoms with Crippen LogP contribution in [0.15, 0.2) is 60.9 Å². The van der Waals surface area contributed by atoms with Gasteiger partial charge in [-0.25, -0.2) is 13.2 Å². The predicted molar refractivity (Wildman–Crippen MR) is 171 cm³/mol. The lowest BCUT2D eigenvalue weighted by atomic mass is 9.68. The molecule has 2 aliphatic rings. The van der Waals surface area contributed by atoms with E-state index in [1.54, 1.807) is 42.5 Å². The van der Waals surface area contributed by atoms with Gasteiger partial charge in [0.1, 0.15) is 0 Å². The Bertz CT molecular complexity index is 1400.